The van der Waals surface area contributed by atoms with Crippen LogP contribution in [0.15, 0.2) is 0 Å². The molecule has 0 spiro atoms. The molecule has 0 nitrogen and oxygen atoms in total. The van der Waals surface area contributed by atoms with Crippen LogP contribution in [-0.4, -0.2) is 5.88 Å². The average molecular weight is 201 g/mol. The van der Waals surface area contributed by atoms with Crippen molar-refractivity contribution < 1.29 is 0 Å². The van der Waals surface area contributed by atoms with E-state index in [1.165, 1.54) is 44.9 Å². The van der Waals surface area contributed by atoms with E-state index >= 15 is 0 Å². The molecule has 0 amide bonds. The molecule has 0 aromatic heterocycles. The van der Waals surface area contributed by atoms with Gasteiger partial charge in [-0.25, -0.2) is 0 Å². The monoisotopic (exact) mass is 200 g/mol. The number of hydrogen-bond acceptors (Lipinski definition) is 0. The summed E-state index contributed by atoms with van der Waals surface area (Å²) >= 11 is 6.01. The SMILES string of the molecule is CC1CCCC(CC2(CCl)CC2)C1. The van der Waals surface area contributed by atoms with Crippen molar-refractivity contribution in [2.75, 3.05) is 5.88 Å². The van der Waals surface area contributed by atoms with Gasteiger partial charge in [-0.1, -0.05) is 26.2 Å². The van der Waals surface area contributed by atoms with Gasteiger partial charge in [0, 0.05) is 5.88 Å². The van der Waals surface area contributed by atoms with Crippen molar-refractivity contribution >= 4 is 11.6 Å². The molecule has 0 N–H and O–H groups in total. The molecule has 1 heteroatoms. The molecule has 0 aliphatic heterocycles. The van der Waals surface area contributed by atoms with Gasteiger partial charge in [0.1, 0.15) is 0 Å². The Morgan fingerprint density at radius 3 is 2.62 bits per heavy atom. The topological polar surface area (TPSA) is 0 Å². The molecule has 0 saturated heterocycles. The number of rotatable bonds is 3. The first-order valence-electron chi connectivity index (χ1n) is 5.80. The summed E-state index contributed by atoms with van der Waals surface area (Å²) < 4.78 is 0. The van der Waals surface area contributed by atoms with Crippen molar-refractivity contribution in [3.63, 3.8) is 0 Å². The van der Waals surface area contributed by atoms with E-state index in [9.17, 15) is 0 Å². The van der Waals surface area contributed by atoms with E-state index in [0.717, 1.165) is 17.7 Å². The van der Waals surface area contributed by atoms with Crippen LogP contribution in [0.25, 0.3) is 0 Å². The minimum Gasteiger partial charge on any atom is -0.126 e. The van der Waals surface area contributed by atoms with Gasteiger partial charge in [-0.3, -0.25) is 0 Å². The molecule has 76 valence electrons. The summed E-state index contributed by atoms with van der Waals surface area (Å²) in [4.78, 5) is 0. The minimum absolute atomic E-state index is 0.600. The first-order valence-corrected chi connectivity index (χ1v) is 6.33. The maximum Gasteiger partial charge on any atom is 0.0280 e. The molecular weight excluding hydrogens is 180 g/mol. The van der Waals surface area contributed by atoms with Crippen LogP contribution in [-0.2, 0) is 0 Å². The second-order valence-corrected chi connectivity index (χ2v) is 5.74. The maximum atomic E-state index is 6.01. The Balaban J connectivity index is 1.80. The Morgan fingerprint density at radius 1 is 1.31 bits per heavy atom. The first-order chi connectivity index (χ1) is 6.24. The van der Waals surface area contributed by atoms with Crippen molar-refractivity contribution in [3.05, 3.63) is 0 Å². The Labute approximate surface area is 87.0 Å². The Hall–Kier alpha value is 0.290. The predicted octanol–water partition coefficient (Wildman–Crippen LogP) is 4.22. The van der Waals surface area contributed by atoms with Crippen molar-refractivity contribution in [2.45, 2.75) is 51.9 Å². The average Bonchev–Trinajstić information content (AvgIpc) is 2.86. The summed E-state index contributed by atoms with van der Waals surface area (Å²) in [6.07, 6.45) is 10.1. The van der Waals surface area contributed by atoms with Crippen LogP contribution in [0.2, 0.25) is 0 Å². The van der Waals surface area contributed by atoms with Crippen LogP contribution >= 0.6 is 11.6 Å². The fourth-order valence-corrected chi connectivity index (χ4v) is 3.30. The van der Waals surface area contributed by atoms with Gasteiger partial charge < -0.3 is 0 Å². The van der Waals surface area contributed by atoms with Gasteiger partial charge in [0.2, 0.25) is 0 Å². The molecule has 0 aromatic carbocycles. The number of hydrogen-bond donors (Lipinski definition) is 0. The van der Waals surface area contributed by atoms with E-state index in [4.69, 9.17) is 11.6 Å². The van der Waals surface area contributed by atoms with Crippen LogP contribution in [0.4, 0.5) is 0 Å². The molecule has 2 aliphatic rings. The van der Waals surface area contributed by atoms with Gasteiger partial charge in [-0.05, 0) is 42.9 Å². The van der Waals surface area contributed by atoms with E-state index in [-0.39, 0.29) is 0 Å². The Morgan fingerprint density at radius 2 is 2.08 bits per heavy atom. The Bertz CT molecular complexity index is 172. The highest BCUT2D eigenvalue weighted by molar-refractivity contribution is 6.18. The predicted molar refractivity (Wildman–Crippen MR) is 58.1 cm³/mol. The van der Waals surface area contributed by atoms with E-state index in [2.05, 4.69) is 6.92 Å². The zero-order chi connectivity index (χ0) is 9.31. The van der Waals surface area contributed by atoms with E-state index in [1.54, 1.807) is 0 Å². The maximum absolute atomic E-state index is 6.01. The molecule has 2 atom stereocenters. The minimum atomic E-state index is 0.600. The first kappa shape index (κ1) is 9.83. The lowest BCUT2D eigenvalue weighted by Crippen LogP contribution is -2.18. The van der Waals surface area contributed by atoms with Gasteiger partial charge in [0.15, 0.2) is 0 Å². The summed E-state index contributed by atoms with van der Waals surface area (Å²) in [5.74, 6) is 2.90. The summed E-state index contributed by atoms with van der Waals surface area (Å²) in [5, 5.41) is 0. The normalized spacial score (nSPS) is 37.4. The van der Waals surface area contributed by atoms with Crippen molar-refractivity contribution in [1.29, 1.82) is 0 Å². The summed E-state index contributed by atoms with van der Waals surface area (Å²) in [6.45, 7) is 2.41. The van der Waals surface area contributed by atoms with E-state index in [0.29, 0.717) is 5.41 Å². The zero-order valence-corrected chi connectivity index (χ0v) is 9.45. The van der Waals surface area contributed by atoms with E-state index < -0.39 is 0 Å². The molecule has 2 rings (SSSR count). The summed E-state index contributed by atoms with van der Waals surface area (Å²) in [7, 11) is 0. The number of alkyl halides is 1. The van der Waals surface area contributed by atoms with Crippen LogP contribution in [0.3, 0.4) is 0 Å². The highest BCUT2D eigenvalue weighted by Crippen LogP contribution is 2.53. The van der Waals surface area contributed by atoms with Crippen LogP contribution in [0.1, 0.15) is 51.9 Å². The lowest BCUT2D eigenvalue weighted by Gasteiger charge is -2.29. The Kier molecular flexibility index (Phi) is 2.88. The summed E-state index contributed by atoms with van der Waals surface area (Å²) in [5.41, 5.74) is 0.600. The molecule has 0 heterocycles. The molecule has 0 radical (unpaired) electrons. The lowest BCUT2D eigenvalue weighted by atomic mass is 9.77. The van der Waals surface area contributed by atoms with Crippen molar-refractivity contribution in [3.8, 4) is 0 Å². The van der Waals surface area contributed by atoms with E-state index in [1.807, 2.05) is 0 Å². The van der Waals surface area contributed by atoms with Gasteiger partial charge in [0.25, 0.3) is 0 Å². The van der Waals surface area contributed by atoms with Crippen LogP contribution in [0.5, 0.6) is 0 Å². The highest BCUT2D eigenvalue weighted by atomic mass is 35.5. The molecule has 0 aromatic rings. The van der Waals surface area contributed by atoms with Crippen LogP contribution in [0, 0.1) is 17.3 Å². The fourth-order valence-electron chi connectivity index (χ4n) is 2.93. The smallest absolute Gasteiger partial charge is 0.0280 e. The quantitative estimate of drug-likeness (QED) is 0.599. The lowest BCUT2D eigenvalue weighted by molar-refractivity contribution is 0.237. The second kappa shape index (κ2) is 3.81. The molecular formula is C12H21Cl. The van der Waals surface area contributed by atoms with Crippen molar-refractivity contribution in [1.82, 2.24) is 0 Å². The third kappa shape index (κ3) is 2.40. The van der Waals surface area contributed by atoms with Gasteiger partial charge in [-0.2, -0.15) is 0 Å². The van der Waals surface area contributed by atoms with Crippen LogP contribution < -0.4 is 0 Å². The van der Waals surface area contributed by atoms with Crippen molar-refractivity contribution in [2.24, 2.45) is 17.3 Å². The highest BCUT2D eigenvalue weighted by Gasteiger charge is 2.43. The molecule has 13 heavy (non-hydrogen) atoms. The van der Waals surface area contributed by atoms with Gasteiger partial charge in [0.05, 0.1) is 0 Å². The molecule has 0 bridgehead atoms. The zero-order valence-electron chi connectivity index (χ0n) is 8.69. The molecule has 2 unspecified atom stereocenters. The number of halogens is 1. The standard InChI is InChI=1S/C12H21Cl/c1-10-3-2-4-11(7-10)8-12(9-13)5-6-12/h10-11H,2-9H2,1H3. The van der Waals surface area contributed by atoms with Gasteiger partial charge in [-0.15, -0.1) is 11.6 Å². The molecule has 2 saturated carbocycles. The second-order valence-electron chi connectivity index (χ2n) is 5.48. The fraction of sp³-hybridized carbons (Fsp3) is 1.00. The molecule has 2 fully saturated rings. The summed E-state index contributed by atoms with van der Waals surface area (Å²) in [6, 6.07) is 0. The largest absolute Gasteiger partial charge is 0.126 e. The van der Waals surface area contributed by atoms with Gasteiger partial charge >= 0.3 is 0 Å². The third-order valence-corrected chi connectivity index (χ3v) is 4.57. The molecule has 2 aliphatic carbocycles. The third-order valence-electron chi connectivity index (χ3n) is 4.01.